The van der Waals surface area contributed by atoms with E-state index in [-0.39, 0.29) is 0 Å². The minimum Gasteiger partial charge on any atom is -0.408 e. The number of nitrogen functional groups attached to an aromatic ring is 2. The lowest BCUT2D eigenvalue weighted by atomic mass is 10.0. The van der Waals surface area contributed by atoms with Crippen molar-refractivity contribution in [3.63, 3.8) is 0 Å². The second-order valence-electron chi connectivity index (χ2n) is 5.23. The molecule has 0 aliphatic carbocycles. The molecule has 4 rings (SSSR count). The van der Waals surface area contributed by atoms with Gasteiger partial charge in [-0.25, -0.2) is 9.59 Å². The fourth-order valence-corrected chi connectivity index (χ4v) is 2.68. The van der Waals surface area contributed by atoms with Gasteiger partial charge in [-0.2, -0.15) is 0 Å². The highest BCUT2D eigenvalue weighted by atomic mass is 16.4. The standard InChI is InChI=1S/C15H12N4O4/c16-10-6(1-3-8-12(10)18-14(20)22-8)5-7-2-4-9-13(11(7)17)19-15(21)23-9/h1-4H,5,16-17H2,(H,18,20)(H,19,21). The van der Waals surface area contributed by atoms with E-state index < -0.39 is 11.5 Å². The quantitative estimate of drug-likeness (QED) is 0.411. The summed E-state index contributed by atoms with van der Waals surface area (Å²) in [5.74, 6) is -1.11. The van der Waals surface area contributed by atoms with Gasteiger partial charge in [0, 0.05) is 6.42 Å². The van der Waals surface area contributed by atoms with Crippen molar-refractivity contribution >= 4 is 33.6 Å². The van der Waals surface area contributed by atoms with Crippen molar-refractivity contribution in [2.75, 3.05) is 11.5 Å². The Balaban J connectivity index is 1.84. The number of hydrogen-bond donors (Lipinski definition) is 4. The van der Waals surface area contributed by atoms with Crippen LogP contribution in [0.15, 0.2) is 42.7 Å². The van der Waals surface area contributed by atoms with E-state index in [2.05, 4.69) is 9.97 Å². The zero-order valence-electron chi connectivity index (χ0n) is 11.8. The van der Waals surface area contributed by atoms with Gasteiger partial charge in [0.2, 0.25) is 0 Å². The van der Waals surface area contributed by atoms with Crippen LogP contribution in [0.5, 0.6) is 0 Å². The van der Waals surface area contributed by atoms with E-state index in [0.717, 1.165) is 11.1 Å². The number of oxazole rings is 2. The van der Waals surface area contributed by atoms with Gasteiger partial charge in [-0.1, -0.05) is 12.1 Å². The van der Waals surface area contributed by atoms with Gasteiger partial charge in [0.1, 0.15) is 11.0 Å². The van der Waals surface area contributed by atoms with Crippen molar-refractivity contribution in [3.8, 4) is 0 Å². The number of nitrogens with one attached hydrogen (secondary N) is 2. The van der Waals surface area contributed by atoms with Crippen LogP contribution in [0, 0.1) is 0 Å². The van der Waals surface area contributed by atoms with Crippen molar-refractivity contribution in [2.45, 2.75) is 6.42 Å². The van der Waals surface area contributed by atoms with Crippen LogP contribution >= 0.6 is 0 Å². The maximum Gasteiger partial charge on any atom is 0.417 e. The highest BCUT2D eigenvalue weighted by Gasteiger charge is 2.13. The van der Waals surface area contributed by atoms with Gasteiger partial charge >= 0.3 is 11.5 Å². The Bertz CT molecular complexity index is 1070. The Morgan fingerprint density at radius 2 is 1.22 bits per heavy atom. The second-order valence-corrected chi connectivity index (χ2v) is 5.23. The zero-order valence-corrected chi connectivity index (χ0v) is 11.8. The van der Waals surface area contributed by atoms with Gasteiger partial charge < -0.3 is 20.3 Å². The molecule has 0 saturated heterocycles. The normalized spacial score (nSPS) is 11.5. The Kier molecular flexibility index (Phi) is 2.61. The Morgan fingerprint density at radius 1 is 0.783 bits per heavy atom. The predicted octanol–water partition coefficient (Wildman–Crippen LogP) is 1.31. The summed E-state index contributed by atoms with van der Waals surface area (Å²) in [5, 5.41) is 0. The SMILES string of the molecule is Nc1c(Cc2ccc3oc(=O)[nH]c3c2N)ccc2oc(=O)[nH]c12. The van der Waals surface area contributed by atoms with Gasteiger partial charge in [0.15, 0.2) is 11.2 Å². The zero-order chi connectivity index (χ0) is 16.1. The number of nitrogens with two attached hydrogens (primary N) is 2. The van der Waals surface area contributed by atoms with Crippen LogP contribution in [0.1, 0.15) is 11.1 Å². The molecule has 0 aliphatic heterocycles. The van der Waals surface area contributed by atoms with Gasteiger partial charge in [0.25, 0.3) is 0 Å². The molecule has 0 aliphatic rings. The predicted molar refractivity (Wildman–Crippen MR) is 85.3 cm³/mol. The van der Waals surface area contributed by atoms with E-state index in [4.69, 9.17) is 20.3 Å². The summed E-state index contributed by atoms with van der Waals surface area (Å²) in [5.41, 5.74) is 16.3. The van der Waals surface area contributed by atoms with Crippen LogP contribution in [0.25, 0.3) is 22.2 Å². The van der Waals surface area contributed by atoms with E-state index >= 15 is 0 Å². The molecule has 8 nitrogen and oxygen atoms in total. The van der Waals surface area contributed by atoms with Gasteiger partial charge in [-0.3, -0.25) is 9.97 Å². The highest BCUT2D eigenvalue weighted by Crippen LogP contribution is 2.28. The summed E-state index contributed by atoms with van der Waals surface area (Å²) < 4.78 is 9.94. The van der Waals surface area contributed by atoms with E-state index in [1.165, 1.54) is 0 Å². The average molecular weight is 312 g/mol. The molecule has 0 atom stereocenters. The molecule has 0 amide bonds. The van der Waals surface area contributed by atoms with Crippen LogP contribution in [0.2, 0.25) is 0 Å². The van der Waals surface area contributed by atoms with Crippen molar-refractivity contribution in [1.82, 2.24) is 9.97 Å². The van der Waals surface area contributed by atoms with Gasteiger partial charge in [-0.05, 0) is 23.3 Å². The first-order chi connectivity index (χ1) is 11.0. The number of fused-ring (bicyclic) bond motifs is 2. The molecule has 0 bridgehead atoms. The molecule has 116 valence electrons. The first-order valence-corrected chi connectivity index (χ1v) is 6.83. The van der Waals surface area contributed by atoms with E-state index in [1.54, 1.807) is 24.3 Å². The lowest BCUT2D eigenvalue weighted by molar-refractivity contribution is 0.555. The third kappa shape index (κ3) is 2.00. The fourth-order valence-electron chi connectivity index (χ4n) is 2.68. The van der Waals surface area contributed by atoms with Crippen molar-refractivity contribution in [1.29, 1.82) is 0 Å². The van der Waals surface area contributed by atoms with E-state index in [0.29, 0.717) is 40.0 Å². The Labute approximate surface area is 127 Å². The lowest BCUT2D eigenvalue weighted by Crippen LogP contribution is -2.02. The number of benzene rings is 2. The summed E-state index contributed by atoms with van der Waals surface area (Å²) in [6.45, 7) is 0. The summed E-state index contributed by atoms with van der Waals surface area (Å²) in [6.07, 6.45) is 0.434. The van der Waals surface area contributed by atoms with Crippen molar-refractivity contribution in [3.05, 3.63) is 56.5 Å². The highest BCUT2D eigenvalue weighted by molar-refractivity contribution is 5.89. The number of aromatic amines is 2. The molecular weight excluding hydrogens is 300 g/mol. The third-order valence-corrected chi connectivity index (χ3v) is 3.84. The minimum absolute atomic E-state index is 0.402. The molecule has 8 heteroatoms. The number of rotatable bonds is 2. The number of aromatic nitrogens is 2. The van der Waals surface area contributed by atoms with Crippen LogP contribution in [-0.4, -0.2) is 9.97 Å². The topological polar surface area (TPSA) is 144 Å². The Morgan fingerprint density at radius 3 is 1.65 bits per heavy atom. The Hall–Kier alpha value is -3.42. The van der Waals surface area contributed by atoms with Crippen LogP contribution in [0.3, 0.4) is 0 Å². The number of hydrogen-bond acceptors (Lipinski definition) is 6. The lowest BCUT2D eigenvalue weighted by Gasteiger charge is -2.09. The average Bonchev–Trinajstić information content (AvgIpc) is 3.07. The second kappa shape index (κ2) is 4.54. The largest absolute Gasteiger partial charge is 0.417 e. The molecule has 0 radical (unpaired) electrons. The van der Waals surface area contributed by atoms with Gasteiger partial charge in [0.05, 0.1) is 11.4 Å². The monoisotopic (exact) mass is 312 g/mol. The van der Waals surface area contributed by atoms with Crippen LogP contribution in [0.4, 0.5) is 11.4 Å². The summed E-state index contributed by atoms with van der Waals surface area (Å²) >= 11 is 0. The van der Waals surface area contributed by atoms with Crippen molar-refractivity contribution in [2.24, 2.45) is 0 Å². The fraction of sp³-hybridized carbons (Fsp3) is 0.0667. The summed E-state index contributed by atoms with van der Waals surface area (Å²) in [7, 11) is 0. The molecule has 2 aromatic carbocycles. The molecule has 0 unspecified atom stereocenters. The maximum absolute atomic E-state index is 11.3. The molecule has 0 spiro atoms. The molecule has 0 saturated carbocycles. The van der Waals surface area contributed by atoms with Crippen LogP contribution < -0.4 is 23.0 Å². The number of anilines is 2. The summed E-state index contributed by atoms with van der Waals surface area (Å²) in [6, 6.07) is 6.90. The van der Waals surface area contributed by atoms with Gasteiger partial charge in [-0.15, -0.1) is 0 Å². The van der Waals surface area contributed by atoms with E-state index in [1.807, 2.05) is 0 Å². The summed E-state index contributed by atoms with van der Waals surface area (Å²) in [4.78, 5) is 27.7. The third-order valence-electron chi connectivity index (χ3n) is 3.84. The van der Waals surface area contributed by atoms with E-state index in [9.17, 15) is 9.59 Å². The molecule has 0 fully saturated rings. The first kappa shape index (κ1) is 13.3. The molecule has 6 N–H and O–H groups in total. The first-order valence-electron chi connectivity index (χ1n) is 6.83. The van der Waals surface area contributed by atoms with Crippen LogP contribution in [-0.2, 0) is 6.42 Å². The molecular formula is C15H12N4O4. The minimum atomic E-state index is -0.555. The maximum atomic E-state index is 11.3. The van der Waals surface area contributed by atoms with Crippen molar-refractivity contribution < 1.29 is 8.83 Å². The smallest absolute Gasteiger partial charge is 0.408 e. The molecule has 2 aromatic heterocycles. The molecule has 23 heavy (non-hydrogen) atoms. The number of H-pyrrole nitrogens is 2. The molecule has 4 aromatic rings. The molecule has 2 heterocycles.